The predicted molar refractivity (Wildman–Crippen MR) is 76.0 cm³/mol. The zero-order valence-electron chi connectivity index (χ0n) is 13.0. The van der Waals surface area contributed by atoms with E-state index in [4.69, 9.17) is 9.26 Å². The normalized spacial score (nSPS) is 16.3. The number of carbonyl (C=O) groups excluding carboxylic acids is 2. The van der Waals surface area contributed by atoms with Crippen LogP contribution in [0.2, 0.25) is 0 Å². The molecular formula is C15H22N2O4. The summed E-state index contributed by atoms with van der Waals surface area (Å²) in [5.41, 5.74) is 1.19. The lowest BCUT2D eigenvalue weighted by molar-refractivity contribution is -0.146. The minimum absolute atomic E-state index is 0.0548. The highest BCUT2D eigenvalue weighted by molar-refractivity contribution is 5.96. The van der Waals surface area contributed by atoms with Gasteiger partial charge in [-0.15, -0.1) is 0 Å². The third-order valence-electron chi connectivity index (χ3n) is 3.94. The Morgan fingerprint density at radius 3 is 2.48 bits per heavy atom. The molecule has 0 spiro atoms. The summed E-state index contributed by atoms with van der Waals surface area (Å²) in [7, 11) is 1.40. The quantitative estimate of drug-likeness (QED) is 0.798. The monoisotopic (exact) mass is 294 g/mol. The van der Waals surface area contributed by atoms with Gasteiger partial charge in [-0.25, -0.2) is 0 Å². The molecule has 0 bridgehead atoms. The Morgan fingerprint density at radius 1 is 1.33 bits per heavy atom. The van der Waals surface area contributed by atoms with Gasteiger partial charge in [-0.1, -0.05) is 19.0 Å². The summed E-state index contributed by atoms with van der Waals surface area (Å²) in [6.45, 7) is 6.84. The van der Waals surface area contributed by atoms with Gasteiger partial charge in [0, 0.05) is 19.0 Å². The standard InChI is InChI=1S/C15H22N2O4/c1-9(2)13-12(10(3)16-21-13)14(18)17-7-5-11(6-8-17)15(19)20-4/h9,11H,5-8H2,1-4H3. The summed E-state index contributed by atoms with van der Waals surface area (Å²) < 4.78 is 10.0. The highest BCUT2D eigenvalue weighted by Crippen LogP contribution is 2.26. The van der Waals surface area contributed by atoms with Crippen LogP contribution in [0.15, 0.2) is 4.52 Å². The van der Waals surface area contributed by atoms with Gasteiger partial charge in [0.15, 0.2) is 5.76 Å². The molecule has 6 heteroatoms. The first-order valence-corrected chi connectivity index (χ1v) is 7.29. The van der Waals surface area contributed by atoms with Crippen molar-refractivity contribution in [2.45, 2.75) is 39.5 Å². The smallest absolute Gasteiger partial charge is 0.308 e. The Balaban J connectivity index is 2.09. The van der Waals surface area contributed by atoms with E-state index in [1.54, 1.807) is 11.8 Å². The second kappa shape index (κ2) is 6.28. The van der Waals surface area contributed by atoms with E-state index in [2.05, 4.69) is 5.16 Å². The minimum Gasteiger partial charge on any atom is -0.469 e. The number of carbonyl (C=O) groups is 2. The van der Waals surface area contributed by atoms with E-state index in [1.807, 2.05) is 13.8 Å². The Labute approximate surface area is 124 Å². The number of esters is 1. The number of methoxy groups -OCH3 is 1. The highest BCUT2D eigenvalue weighted by atomic mass is 16.5. The molecular weight excluding hydrogens is 272 g/mol. The first-order chi connectivity index (χ1) is 9.95. The van der Waals surface area contributed by atoms with Crippen molar-refractivity contribution in [1.82, 2.24) is 10.1 Å². The average molecular weight is 294 g/mol. The van der Waals surface area contributed by atoms with Crippen molar-refractivity contribution in [3.63, 3.8) is 0 Å². The fraction of sp³-hybridized carbons (Fsp3) is 0.667. The van der Waals surface area contributed by atoms with Gasteiger partial charge in [0.05, 0.1) is 18.7 Å². The van der Waals surface area contributed by atoms with Crippen molar-refractivity contribution < 1.29 is 18.8 Å². The van der Waals surface area contributed by atoms with Crippen molar-refractivity contribution in [2.24, 2.45) is 5.92 Å². The summed E-state index contributed by atoms with van der Waals surface area (Å²) in [4.78, 5) is 26.0. The molecule has 1 aliphatic rings. The number of likely N-dealkylation sites (tertiary alicyclic amines) is 1. The maximum atomic E-state index is 12.7. The van der Waals surface area contributed by atoms with Crippen LogP contribution in [0.3, 0.4) is 0 Å². The van der Waals surface area contributed by atoms with Crippen LogP contribution in [-0.2, 0) is 9.53 Å². The minimum atomic E-state index is -0.189. The van der Waals surface area contributed by atoms with Gasteiger partial charge in [-0.2, -0.15) is 0 Å². The van der Waals surface area contributed by atoms with Crippen LogP contribution in [0.4, 0.5) is 0 Å². The predicted octanol–water partition coefficient (Wildman–Crippen LogP) is 2.13. The van der Waals surface area contributed by atoms with E-state index >= 15 is 0 Å². The Kier molecular flexibility index (Phi) is 4.65. The van der Waals surface area contributed by atoms with Crippen LogP contribution in [0.5, 0.6) is 0 Å². The van der Waals surface area contributed by atoms with E-state index in [0.29, 0.717) is 42.9 Å². The SMILES string of the molecule is COC(=O)C1CCN(C(=O)c2c(C)noc2C(C)C)CC1. The molecule has 116 valence electrons. The maximum absolute atomic E-state index is 12.7. The third kappa shape index (κ3) is 3.09. The highest BCUT2D eigenvalue weighted by Gasteiger charge is 2.31. The van der Waals surface area contributed by atoms with Gasteiger partial charge in [0.2, 0.25) is 0 Å². The first kappa shape index (κ1) is 15.5. The van der Waals surface area contributed by atoms with Crippen molar-refractivity contribution in [3.05, 3.63) is 17.0 Å². The fourth-order valence-electron chi connectivity index (χ4n) is 2.68. The van der Waals surface area contributed by atoms with Crippen molar-refractivity contribution in [2.75, 3.05) is 20.2 Å². The molecule has 6 nitrogen and oxygen atoms in total. The largest absolute Gasteiger partial charge is 0.469 e. The number of amides is 1. The van der Waals surface area contributed by atoms with Gasteiger partial charge < -0.3 is 14.2 Å². The van der Waals surface area contributed by atoms with E-state index in [9.17, 15) is 9.59 Å². The molecule has 1 amide bonds. The summed E-state index contributed by atoms with van der Waals surface area (Å²) in [6, 6.07) is 0. The number of piperidine rings is 1. The molecule has 0 N–H and O–H groups in total. The molecule has 1 aromatic heterocycles. The van der Waals surface area contributed by atoms with Crippen LogP contribution in [-0.4, -0.2) is 42.1 Å². The zero-order chi connectivity index (χ0) is 15.6. The number of nitrogens with zero attached hydrogens (tertiary/aromatic N) is 2. The number of hydrogen-bond donors (Lipinski definition) is 0. The number of aryl methyl sites for hydroxylation is 1. The fourth-order valence-corrected chi connectivity index (χ4v) is 2.68. The molecule has 0 radical (unpaired) electrons. The number of aromatic nitrogens is 1. The van der Waals surface area contributed by atoms with Crippen molar-refractivity contribution >= 4 is 11.9 Å². The molecule has 1 aromatic rings. The lowest BCUT2D eigenvalue weighted by Crippen LogP contribution is -2.41. The summed E-state index contributed by atoms with van der Waals surface area (Å²) in [5, 5.41) is 3.91. The van der Waals surface area contributed by atoms with E-state index < -0.39 is 0 Å². The lowest BCUT2D eigenvalue weighted by Gasteiger charge is -2.30. The third-order valence-corrected chi connectivity index (χ3v) is 3.94. The lowest BCUT2D eigenvalue weighted by atomic mass is 9.96. The summed E-state index contributed by atoms with van der Waals surface area (Å²) in [6.07, 6.45) is 1.28. The zero-order valence-corrected chi connectivity index (χ0v) is 13.0. The average Bonchev–Trinajstić information content (AvgIpc) is 2.87. The first-order valence-electron chi connectivity index (χ1n) is 7.29. The van der Waals surface area contributed by atoms with E-state index in [1.165, 1.54) is 7.11 Å². The number of ether oxygens (including phenoxy) is 1. The van der Waals surface area contributed by atoms with Crippen molar-refractivity contribution in [3.8, 4) is 0 Å². The molecule has 0 saturated carbocycles. The molecule has 1 saturated heterocycles. The van der Waals surface area contributed by atoms with Gasteiger partial charge >= 0.3 is 5.97 Å². The number of hydrogen-bond acceptors (Lipinski definition) is 5. The molecule has 1 aliphatic heterocycles. The molecule has 1 fully saturated rings. The number of rotatable bonds is 3. The summed E-state index contributed by atoms with van der Waals surface area (Å²) >= 11 is 0. The molecule has 0 aliphatic carbocycles. The van der Waals surface area contributed by atoms with Gasteiger partial charge in [0.1, 0.15) is 5.56 Å². The Hall–Kier alpha value is -1.85. The molecule has 0 aromatic carbocycles. The van der Waals surface area contributed by atoms with Crippen LogP contribution in [0.25, 0.3) is 0 Å². The van der Waals surface area contributed by atoms with Gasteiger partial charge in [0.25, 0.3) is 5.91 Å². The maximum Gasteiger partial charge on any atom is 0.308 e. The second-order valence-corrected chi connectivity index (χ2v) is 5.75. The van der Waals surface area contributed by atoms with E-state index in [0.717, 1.165) is 0 Å². The molecule has 2 rings (SSSR count). The van der Waals surface area contributed by atoms with Crippen LogP contribution in [0.1, 0.15) is 54.4 Å². The Morgan fingerprint density at radius 2 is 1.95 bits per heavy atom. The molecule has 2 heterocycles. The molecule has 0 unspecified atom stereocenters. The van der Waals surface area contributed by atoms with E-state index in [-0.39, 0.29) is 23.7 Å². The van der Waals surface area contributed by atoms with Gasteiger partial charge in [-0.3, -0.25) is 9.59 Å². The van der Waals surface area contributed by atoms with Crippen LogP contribution < -0.4 is 0 Å². The van der Waals surface area contributed by atoms with Crippen molar-refractivity contribution in [1.29, 1.82) is 0 Å². The second-order valence-electron chi connectivity index (χ2n) is 5.75. The van der Waals surface area contributed by atoms with Crippen LogP contribution in [0, 0.1) is 12.8 Å². The topological polar surface area (TPSA) is 72.6 Å². The van der Waals surface area contributed by atoms with Gasteiger partial charge in [-0.05, 0) is 19.8 Å². The molecule has 21 heavy (non-hydrogen) atoms. The summed E-state index contributed by atoms with van der Waals surface area (Å²) in [5.74, 6) is 0.393. The Bertz CT molecular complexity index is 528. The van der Waals surface area contributed by atoms with Crippen LogP contribution >= 0.6 is 0 Å². The molecule has 0 atom stereocenters.